The molecule has 2 amide bonds. The molecule has 0 spiro atoms. The highest BCUT2D eigenvalue weighted by atomic mass is 32.2. The second kappa shape index (κ2) is 9.05. The number of nitrogens with one attached hydrogen (secondary N) is 2. The van der Waals surface area contributed by atoms with Crippen molar-refractivity contribution in [2.75, 3.05) is 24.7 Å². The predicted molar refractivity (Wildman–Crippen MR) is 109 cm³/mol. The molecule has 1 aliphatic rings. The van der Waals surface area contributed by atoms with Crippen molar-refractivity contribution in [3.63, 3.8) is 0 Å². The molecule has 1 aromatic carbocycles. The molecule has 1 fully saturated rings. The van der Waals surface area contributed by atoms with E-state index < -0.39 is 11.3 Å². The first-order chi connectivity index (χ1) is 13.4. The smallest absolute Gasteiger partial charge is 0.243 e. The number of carbonyl (C=O) groups is 2. The van der Waals surface area contributed by atoms with Crippen molar-refractivity contribution in [1.82, 2.24) is 15.6 Å². The molecule has 1 aromatic heterocycles. The SMILES string of the molecule is CN(C)c1ccc(CNC(=O)[C@@H]2CS[C@H](Cc3ccccc3F)C(=O)N2)cn1. The van der Waals surface area contributed by atoms with Crippen LogP contribution in [0.3, 0.4) is 0 Å². The number of benzene rings is 1. The van der Waals surface area contributed by atoms with E-state index in [4.69, 9.17) is 0 Å². The van der Waals surface area contributed by atoms with Gasteiger partial charge in [-0.3, -0.25) is 9.59 Å². The number of pyridine rings is 1. The second-order valence-corrected chi connectivity index (χ2v) is 8.05. The summed E-state index contributed by atoms with van der Waals surface area (Å²) in [5.74, 6) is 0.504. The largest absolute Gasteiger partial charge is 0.363 e. The fourth-order valence-electron chi connectivity index (χ4n) is 2.85. The van der Waals surface area contributed by atoms with E-state index in [1.807, 2.05) is 31.1 Å². The van der Waals surface area contributed by atoms with Crippen LogP contribution in [-0.2, 0) is 22.6 Å². The average Bonchev–Trinajstić information content (AvgIpc) is 2.69. The lowest BCUT2D eigenvalue weighted by Gasteiger charge is -2.28. The fourth-order valence-corrected chi connectivity index (χ4v) is 4.03. The normalized spacial score (nSPS) is 19.0. The molecule has 0 saturated carbocycles. The van der Waals surface area contributed by atoms with Crippen LogP contribution in [0.5, 0.6) is 0 Å². The molecule has 1 aliphatic heterocycles. The van der Waals surface area contributed by atoms with Gasteiger partial charge in [-0.05, 0) is 29.7 Å². The molecule has 0 unspecified atom stereocenters. The maximum atomic E-state index is 13.8. The van der Waals surface area contributed by atoms with Gasteiger partial charge in [0.05, 0.1) is 5.25 Å². The highest BCUT2D eigenvalue weighted by Gasteiger charge is 2.32. The number of nitrogens with zero attached hydrogens (tertiary/aromatic N) is 2. The number of carbonyl (C=O) groups excluding carboxylic acids is 2. The van der Waals surface area contributed by atoms with Crippen molar-refractivity contribution < 1.29 is 14.0 Å². The van der Waals surface area contributed by atoms with E-state index in [2.05, 4.69) is 15.6 Å². The number of thioether (sulfide) groups is 1. The number of aromatic nitrogens is 1. The van der Waals surface area contributed by atoms with Gasteiger partial charge in [0.25, 0.3) is 0 Å². The van der Waals surface area contributed by atoms with Gasteiger partial charge >= 0.3 is 0 Å². The van der Waals surface area contributed by atoms with Crippen LogP contribution in [0.15, 0.2) is 42.6 Å². The minimum atomic E-state index is -0.594. The molecule has 2 aromatic rings. The van der Waals surface area contributed by atoms with Gasteiger partial charge in [-0.25, -0.2) is 9.37 Å². The lowest BCUT2D eigenvalue weighted by atomic mass is 10.1. The minimum Gasteiger partial charge on any atom is -0.363 e. The van der Waals surface area contributed by atoms with Crippen LogP contribution in [0, 0.1) is 5.82 Å². The quantitative estimate of drug-likeness (QED) is 0.770. The summed E-state index contributed by atoms with van der Waals surface area (Å²) in [6, 6.07) is 9.63. The van der Waals surface area contributed by atoms with Crippen LogP contribution in [0.2, 0.25) is 0 Å². The van der Waals surface area contributed by atoms with Crippen molar-refractivity contribution in [3.05, 3.63) is 59.5 Å². The molecule has 28 heavy (non-hydrogen) atoms. The molecule has 0 aliphatic carbocycles. The molecular formula is C20H23FN4O2S. The Morgan fingerprint density at radius 1 is 1.32 bits per heavy atom. The van der Waals surface area contributed by atoms with Crippen LogP contribution >= 0.6 is 11.8 Å². The lowest BCUT2D eigenvalue weighted by Crippen LogP contribution is -2.54. The molecule has 0 bridgehead atoms. The van der Waals surface area contributed by atoms with E-state index in [9.17, 15) is 14.0 Å². The Morgan fingerprint density at radius 3 is 2.75 bits per heavy atom. The molecule has 2 N–H and O–H groups in total. The molecule has 6 nitrogen and oxygen atoms in total. The van der Waals surface area contributed by atoms with Crippen LogP contribution in [-0.4, -0.2) is 47.9 Å². The Kier molecular flexibility index (Phi) is 6.51. The first-order valence-corrected chi connectivity index (χ1v) is 10.0. The van der Waals surface area contributed by atoms with Gasteiger partial charge in [0.2, 0.25) is 11.8 Å². The van der Waals surface area contributed by atoms with Crippen molar-refractivity contribution in [1.29, 1.82) is 0 Å². The van der Waals surface area contributed by atoms with Crippen LogP contribution in [0.4, 0.5) is 10.2 Å². The molecule has 0 radical (unpaired) electrons. The number of amides is 2. The summed E-state index contributed by atoms with van der Waals surface area (Å²) in [6.45, 7) is 0.342. The van der Waals surface area contributed by atoms with Crippen LogP contribution < -0.4 is 15.5 Å². The van der Waals surface area contributed by atoms with Gasteiger partial charge in [0, 0.05) is 32.6 Å². The van der Waals surface area contributed by atoms with Crippen LogP contribution in [0.25, 0.3) is 0 Å². The van der Waals surface area contributed by atoms with Gasteiger partial charge < -0.3 is 15.5 Å². The Labute approximate surface area is 167 Å². The summed E-state index contributed by atoms with van der Waals surface area (Å²) in [4.78, 5) is 30.9. The van der Waals surface area contributed by atoms with Crippen LogP contribution in [0.1, 0.15) is 11.1 Å². The Balaban J connectivity index is 1.50. The van der Waals surface area contributed by atoms with Gasteiger partial charge in [-0.15, -0.1) is 11.8 Å². The van der Waals surface area contributed by atoms with Crippen molar-refractivity contribution in [2.45, 2.75) is 24.3 Å². The Morgan fingerprint density at radius 2 is 2.11 bits per heavy atom. The zero-order valence-electron chi connectivity index (χ0n) is 15.8. The molecule has 1 saturated heterocycles. The second-order valence-electron chi connectivity index (χ2n) is 6.82. The first kappa shape index (κ1) is 20.1. The van der Waals surface area contributed by atoms with E-state index in [1.54, 1.807) is 24.4 Å². The third-order valence-corrected chi connectivity index (χ3v) is 5.80. The van der Waals surface area contributed by atoms with E-state index in [0.29, 0.717) is 24.3 Å². The number of hydrogen-bond donors (Lipinski definition) is 2. The molecule has 3 rings (SSSR count). The molecular weight excluding hydrogens is 379 g/mol. The summed E-state index contributed by atoms with van der Waals surface area (Å²) in [5.41, 5.74) is 1.39. The highest BCUT2D eigenvalue weighted by Crippen LogP contribution is 2.23. The van der Waals surface area contributed by atoms with E-state index in [1.165, 1.54) is 17.8 Å². The average molecular weight is 402 g/mol. The third kappa shape index (κ3) is 5.01. The number of rotatable bonds is 6. The van der Waals surface area contributed by atoms with E-state index in [0.717, 1.165) is 11.4 Å². The van der Waals surface area contributed by atoms with E-state index >= 15 is 0 Å². The van der Waals surface area contributed by atoms with Gasteiger partial charge in [0.1, 0.15) is 17.7 Å². The minimum absolute atomic E-state index is 0.234. The first-order valence-electron chi connectivity index (χ1n) is 8.99. The summed E-state index contributed by atoms with van der Waals surface area (Å²) < 4.78 is 13.8. The highest BCUT2D eigenvalue weighted by molar-refractivity contribution is 8.00. The maximum Gasteiger partial charge on any atom is 0.243 e. The number of hydrogen-bond acceptors (Lipinski definition) is 5. The van der Waals surface area contributed by atoms with Gasteiger partial charge in [-0.2, -0.15) is 0 Å². The summed E-state index contributed by atoms with van der Waals surface area (Å²) in [6.07, 6.45) is 2.02. The maximum absolute atomic E-state index is 13.8. The topological polar surface area (TPSA) is 74.3 Å². The standard InChI is InChI=1S/C20H23FN4O2S/c1-25(2)18-8-7-13(10-22-18)11-23-19(26)16-12-28-17(20(27)24-16)9-14-5-3-4-6-15(14)21/h3-8,10,16-17H,9,11-12H2,1-2H3,(H,23,26)(H,24,27)/t16-,17+/m0/s1. The lowest BCUT2D eigenvalue weighted by molar-refractivity contribution is -0.128. The van der Waals surface area contributed by atoms with Crippen molar-refractivity contribution in [2.24, 2.45) is 0 Å². The molecule has 8 heteroatoms. The Bertz CT molecular complexity index is 844. The zero-order valence-corrected chi connectivity index (χ0v) is 16.6. The number of halogens is 1. The van der Waals surface area contributed by atoms with Gasteiger partial charge in [-0.1, -0.05) is 24.3 Å². The molecule has 2 heterocycles. The monoisotopic (exact) mass is 402 g/mol. The predicted octanol–water partition coefficient (Wildman–Crippen LogP) is 1.75. The summed E-state index contributed by atoms with van der Waals surface area (Å²) in [5, 5.41) is 5.18. The third-order valence-electron chi connectivity index (χ3n) is 4.49. The van der Waals surface area contributed by atoms with Crippen molar-refractivity contribution in [3.8, 4) is 0 Å². The fraction of sp³-hybridized carbons (Fsp3) is 0.350. The molecule has 148 valence electrons. The van der Waals surface area contributed by atoms with Gasteiger partial charge in [0.15, 0.2) is 0 Å². The molecule has 2 atom stereocenters. The van der Waals surface area contributed by atoms with E-state index in [-0.39, 0.29) is 17.6 Å². The number of anilines is 1. The zero-order chi connectivity index (χ0) is 20.1. The Hall–Kier alpha value is -2.61. The summed E-state index contributed by atoms with van der Waals surface area (Å²) in [7, 11) is 3.82. The van der Waals surface area contributed by atoms with Crippen molar-refractivity contribution >= 4 is 29.4 Å². The summed E-state index contributed by atoms with van der Waals surface area (Å²) >= 11 is 1.38.